The number of hydrogen-bond donors (Lipinski definition) is 0. The van der Waals surface area contributed by atoms with Crippen molar-refractivity contribution in [2.45, 2.75) is 6.18 Å². The summed E-state index contributed by atoms with van der Waals surface area (Å²) in [6.45, 7) is 0. The van der Waals surface area contributed by atoms with Gasteiger partial charge in [0, 0.05) is 6.20 Å². The first-order valence-corrected chi connectivity index (χ1v) is 5.64. The molecule has 0 N–H and O–H groups in total. The lowest BCUT2D eigenvalue weighted by molar-refractivity contribution is -0.137. The van der Waals surface area contributed by atoms with Crippen molar-refractivity contribution in [3.8, 4) is 11.1 Å². The predicted molar refractivity (Wildman–Crippen MR) is 66.0 cm³/mol. The van der Waals surface area contributed by atoms with Gasteiger partial charge in [-0.3, -0.25) is 0 Å². The molecule has 0 fully saturated rings. The number of ether oxygens (including phenoxy) is 1. The number of alkyl halides is 3. The van der Waals surface area contributed by atoms with Crippen molar-refractivity contribution < 1.29 is 22.7 Å². The molecule has 0 radical (unpaired) electrons. The average Bonchev–Trinajstić information content (AvgIpc) is 2.45. The van der Waals surface area contributed by atoms with E-state index in [9.17, 15) is 18.0 Å². The van der Waals surface area contributed by atoms with Crippen molar-refractivity contribution in [1.82, 2.24) is 4.98 Å². The molecule has 3 nitrogen and oxygen atoms in total. The van der Waals surface area contributed by atoms with E-state index in [4.69, 9.17) is 0 Å². The van der Waals surface area contributed by atoms with Crippen molar-refractivity contribution in [2.24, 2.45) is 0 Å². The van der Waals surface area contributed by atoms with Gasteiger partial charge in [-0.25, -0.2) is 9.78 Å². The molecule has 0 unspecified atom stereocenters. The molecule has 0 aliphatic carbocycles. The van der Waals surface area contributed by atoms with Crippen LogP contribution in [0.3, 0.4) is 0 Å². The fourth-order valence-corrected chi connectivity index (χ4v) is 1.80. The Hall–Kier alpha value is -2.37. The predicted octanol–water partition coefficient (Wildman–Crippen LogP) is 3.55. The molecule has 0 aliphatic rings. The quantitative estimate of drug-likeness (QED) is 0.790. The Balaban J connectivity index is 2.55. The van der Waals surface area contributed by atoms with Crippen LogP contribution in [0.1, 0.15) is 16.1 Å². The molecule has 1 heterocycles. The van der Waals surface area contributed by atoms with Crippen molar-refractivity contribution in [3.63, 3.8) is 0 Å². The van der Waals surface area contributed by atoms with Gasteiger partial charge >= 0.3 is 12.1 Å². The third-order valence-electron chi connectivity index (χ3n) is 2.70. The molecule has 0 saturated carbocycles. The van der Waals surface area contributed by atoms with Crippen molar-refractivity contribution in [3.05, 3.63) is 53.9 Å². The van der Waals surface area contributed by atoms with Crippen LogP contribution in [-0.4, -0.2) is 18.1 Å². The highest BCUT2D eigenvalue weighted by molar-refractivity contribution is 5.88. The molecule has 0 saturated heterocycles. The number of halogens is 3. The maximum absolute atomic E-state index is 13.0. The molecular formula is C14H10F3NO2. The summed E-state index contributed by atoms with van der Waals surface area (Å²) in [6, 6.07) is 7.85. The number of esters is 1. The third kappa shape index (κ3) is 2.79. The summed E-state index contributed by atoms with van der Waals surface area (Å²) in [7, 11) is 1.18. The smallest absolute Gasteiger partial charge is 0.417 e. The molecule has 1 aromatic heterocycles. The van der Waals surface area contributed by atoms with E-state index in [0.717, 1.165) is 6.07 Å². The minimum Gasteiger partial charge on any atom is -0.464 e. The Morgan fingerprint density at radius 2 is 1.90 bits per heavy atom. The molecule has 20 heavy (non-hydrogen) atoms. The molecule has 2 aromatic rings. The van der Waals surface area contributed by atoms with E-state index in [1.54, 1.807) is 0 Å². The van der Waals surface area contributed by atoms with Crippen LogP contribution in [0, 0.1) is 0 Å². The second-order valence-corrected chi connectivity index (χ2v) is 3.96. The van der Waals surface area contributed by atoms with E-state index in [1.165, 1.54) is 43.6 Å². The van der Waals surface area contributed by atoms with E-state index in [2.05, 4.69) is 9.72 Å². The second kappa shape index (κ2) is 5.32. The maximum Gasteiger partial charge on any atom is 0.417 e. The van der Waals surface area contributed by atoms with E-state index >= 15 is 0 Å². The summed E-state index contributed by atoms with van der Waals surface area (Å²) in [5, 5.41) is 0. The number of nitrogens with zero attached hydrogens (tertiary/aromatic N) is 1. The van der Waals surface area contributed by atoms with Crippen molar-refractivity contribution in [1.29, 1.82) is 0 Å². The highest BCUT2D eigenvalue weighted by Gasteiger charge is 2.33. The SMILES string of the molecule is COC(=O)c1cc(-c2ccccc2C(F)(F)F)ccn1. The Kier molecular flexibility index (Phi) is 3.74. The van der Waals surface area contributed by atoms with Crippen LogP contribution in [0.4, 0.5) is 13.2 Å². The molecule has 0 aliphatic heterocycles. The molecule has 0 atom stereocenters. The Bertz CT molecular complexity index is 638. The summed E-state index contributed by atoms with van der Waals surface area (Å²) in [5.41, 5.74) is -0.551. The number of benzene rings is 1. The summed E-state index contributed by atoms with van der Waals surface area (Å²) >= 11 is 0. The number of pyridine rings is 1. The normalized spacial score (nSPS) is 11.2. The van der Waals surface area contributed by atoms with Gasteiger partial charge in [-0.05, 0) is 29.3 Å². The summed E-state index contributed by atoms with van der Waals surface area (Å²) < 4.78 is 43.4. The summed E-state index contributed by atoms with van der Waals surface area (Å²) in [6.07, 6.45) is -3.19. The molecule has 2 rings (SSSR count). The average molecular weight is 281 g/mol. The first-order valence-electron chi connectivity index (χ1n) is 5.64. The zero-order valence-corrected chi connectivity index (χ0v) is 10.4. The van der Waals surface area contributed by atoms with Crippen LogP contribution in [0.2, 0.25) is 0 Å². The van der Waals surface area contributed by atoms with Crippen LogP contribution >= 0.6 is 0 Å². The highest BCUT2D eigenvalue weighted by atomic mass is 19.4. The molecular weight excluding hydrogens is 271 g/mol. The molecule has 104 valence electrons. The minimum atomic E-state index is -4.47. The molecule has 1 aromatic carbocycles. The van der Waals surface area contributed by atoms with Gasteiger partial charge in [0.1, 0.15) is 5.69 Å². The number of aromatic nitrogens is 1. The molecule has 0 bridgehead atoms. The molecule has 0 spiro atoms. The van der Waals surface area contributed by atoms with Gasteiger partial charge in [-0.2, -0.15) is 13.2 Å². The summed E-state index contributed by atoms with van der Waals surface area (Å²) in [4.78, 5) is 15.1. The van der Waals surface area contributed by atoms with Gasteiger partial charge in [-0.15, -0.1) is 0 Å². The fraction of sp³-hybridized carbons (Fsp3) is 0.143. The van der Waals surface area contributed by atoms with Crippen LogP contribution in [0.25, 0.3) is 11.1 Å². The van der Waals surface area contributed by atoms with Crippen LogP contribution in [0.15, 0.2) is 42.6 Å². The van der Waals surface area contributed by atoms with Gasteiger partial charge in [0.15, 0.2) is 0 Å². The topological polar surface area (TPSA) is 39.2 Å². The second-order valence-electron chi connectivity index (χ2n) is 3.96. The lowest BCUT2D eigenvalue weighted by Gasteiger charge is -2.13. The van der Waals surface area contributed by atoms with Gasteiger partial charge in [0.25, 0.3) is 0 Å². The van der Waals surface area contributed by atoms with Crippen LogP contribution < -0.4 is 0 Å². The van der Waals surface area contributed by atoms with Gasteiger partial charge in [0.2, 0.25) is 0 Å². The Morgan fingerprint density at radius 3 is 2.55 bits per heavy atom. The van der Waals surface area contributed by atoms with Gasteiger partial charge in [-0.1, -0.05) is 18.2 Å². The zero-order chi connectivity index (χ0) is 14.8. The van der Waals surface area contributed by atoms with Crippen molar-refractivity contribution >= 4 is 5.97 Å². The number of rotatable bonds is 2. The summed E-state index contributed by atoms with van der Waals surface area (Å²) in [5.74, 6) is -0.698. The van der Waals surface area contributed by atoms with Gasteiger partial charge < -0.3 is 4.74 Å². The zero-order valence-electron chi connectivity index (χ0n) is 10.4. The number of carbonyl (C=O) groups excluding carboxylic acids is 1. The lowest BCUT2D eigenvalue weighted by atomic mass is 9.99. The Morgan fingerprint density at radius 1 is 1.20 bits per heavy atom. The van der Waals surface area contributed by atoms with Crippen LogP contribution in [0.5, 0.6) is 0 Å². The fourth-order valence-electron chi connectivity index (χ4n) is 1.80. The number of carbonyl (C=O) groups is 1. The van der Waals surface area contributed by atoms with Crippen molar-refractivity contribution in [2.75, 3.05) is 7.11 Å². The monoisotopic (exact) mass is 281 g/mol. The van der Waals surface area contributed by atoms with E-state index in [0.29, 0.717) is 0 Å². The highest BCUT2D eigenvalue weighted by Crippen LogP contribution is 2.36. The number of hydrogen-bond acceptors (Lipinski definition) is 3. The lowest BCUT2D eigenvalue weighted by Crippen LogP contribution is -2.08. The standard InChI is InChI=1S/C14H10F3NO2/c1-20-13(19)12-8-9(6-7-18-12)10-4-2-3-5-11(10)14(15,16)17/h2-8H,1H3. The Labute approximate surface area is 113 Å². The minimum absolute atomic E-state index is 0.00690. The largest absolute Gasteiger partial charge is 0.464 e. The first-order chi connectivity index (χ1) is 9.43. The van der Waals surface area contributed by atoms with E-state index < -0.39 is 17.7 Å². The van der Waals surface area contributed by atoms with Gasteiger partial charge in [0.05, 0.1) is 12.7 Å². The first kappa shape index (κ1) is 14.0. The van der Waals surface area contributed by atoms with E-state index in [1.807, 2.05) is 0 Å². The molecule has 0 amide bonds. The van der Waals surface area contributed by atoms with Crippen LogP contribution in [-0.2, 0) is 10.9 Å². The maximum atomic E-state index is 13.0. The molecule has 6 heteroatoms. The van der Waals surface area contributed by atoms with E-state index in [-0.39, 0.29) is 16.8 Å². The number of methoxy groups -OCH3 is 1. The third-order valence-corrected chi connectivity index (χ3v) is 2.70.